The lowest BCUT2D eigenvalue weighted by atomic mass is 10.1. The number of thioether (sulfide) groups is 1. The van der Waals surface area contributed by atoms with Gasteiger partial charge in [0, 0.05) is 4.47 Å². The van der Waals surface area contributed by atoms with Gasteiger partial charge in [-0.1, -0.05) is 52.0 Å². The van der Waals surface area contributed by atoms with Gasteiger partial charge in [-0.05, 0) is 36.8 Å². The normalized spacial score (nSPS) is 11.7. The van der Waals surface area contributed by atoms with Crippen molar-refractivity contribution in [3.63, 3.8) is 0 Å². The van der Waals surface area contributed by atoms with Gasteiger partial charge < -0.3 is 4.42 Å². The fourth-order valence-electron chi connectivity index (χ4n) is 2.00. The lowest BCUT2D eigenvalue weighted by Gasteiger charge is -2.02. The van der Waals surface area contributed by atoms with Gasteiger partial charge in [-0.15, -0.1) is 0 Å². The van der Waals surface area contributed by atoms with Crippen molar-refractivity contribution < 1.29 is 9.21 Å². The number of fused-ring (bicyclic) bond motifs is 1. The Labute approximate surface area is 151 Å². The summed E-state index contributed by atoms with van der Waals surface area (Å²) in [4.78, 5) is 16.2. The van der Waals surface area contributed by atoms with Gasteiger partial charge in [0.25, 0.3) is 11.1 Å². The molecule has 0 atom stereocenters. The van der Waals surface area contributed by atoms with Crippen LogP contribution in [0.1, 0.15) is 12.5 Å². The zero-order valence-electron chi connectivity index (χ0n) is 12.8. The van der Waals surface area contributed by atoms with Gasteiger partial charge in [-0.25, -0.2) is 10.4 Å². The molecular weight excluding hydrogens is 390 g/mol. The number of carbonyl (C=O) groups is 1. The van der Waals surface area contributed by atoms with Gasteiger partial charge in [0.1, 0.15) is 5.52 Å². The number of aromatic nitrogens is 1. The van der Waals surface area contributed by atoms with Crippen LogP contribution in [0.3, 0.4) is 0 Å². The molecule has 1 amide bonds. The van der Waals surface area contributed by atoms with Gasteiger partial charge >= 0.3 is 0 Å². The van der Waals surface area contributed by atoms with Crippen molar-refractivity contribution in [3.05, 3.63) is 58.6 Å². The number of hydrazone groups is 1. The number of halogens is 1. The molecule has 0 aliphatic carbocycles. The average molecular weight is 404 g/mol. The number of hydrogen-bond acceptors (Lipinski definition) is 5. The van der Waals surface area contributed by atoms with Gasteiger partial charge in [0.15, 0.2) is 5.58 Å². The van der Waals surface area contributed by atoms with Crippen molar-refractivity contribution in [3.8, 4) is 0 Å². The molecule has 0 aliphatic rings. The minimum Gasteiger partial charge on any atom is -0.431 e. The van der Waals surface area contributed by atoms with Gasteiger partial charge in [0.2, 0.25) is 0 Å². The lowest BCUT2D eigenvalue weighted by Crippen LogP contribution is -2.21. The first-order valence-corrected chi connectivity index (χ1v) is 8.97. The average Bonchev–Trinajstić information content (AvgIpc) is 3.00. The first-order valence-electron chi connectivity index (χ1n) is 7.19. The lowest BCUT2D eigenvalue weighted by molar-refractivity contribution is -0.118. The largest absolute Gasteiger partial charge is 0.431 e. The Morgan fingerprint density at radius 2 is 2.12 bits per heavy atom. The van der Waals surface area contributed by atoms with Crippen LogP contribution in [0.5, 0.6) is 0 Å². The Morgan fingerprint density at radius 3 is 2.92 bits per heavy atom. The van der Waals surface area contributed by atoms with Crippen molar-refractivity contribution in [1.82, 2.24) is 10.4 Å². The number of oxazole rings is 1. The van der Waals surface area contributed by atoms with E-state index in [-0.39, 0.29) is 11.7 Å². The second-order valence-electron chi connectivity index (χ2n) is 4.98. The SMILES string of the molecule is C/C(=N/NC(=O)CSc1nc2ccccc2o1)c1cccc(Br)c1. The van der Waals surface area contributed by atoms with Crippen molar-refractivity contribution in [2.24, 2.45) is 5.10 Å². The van der Waals surface area contributed by atoms with Crippen LogP contribution in [-0.4, -0.2) is 22.4 Å². The van der Waals surface area contributed by atoms with Crippen molar-refractivity contribution >= 4 is 50.4 Å². The highest BCUT2D eigenvalue weighted by atomic mass is 79.9. The Hall–Kier alpha value is -2.12. The highest BCUT2D eigenvalue weighted by Crippen LogP contribution is 2.22. The van der Waals surface area contributed by atoms with E-state index in [9.17, 15) is 4.79 Å². The summed E-state index contributed by atoms with van der Waals surface area (Å²) in [5.41, 5.74) is 5.72. The molecule has 0 aliphatic heterocycles. The molecule has 0 saturated carbocycles. The van der Waals surface area contributed by atoms with Crippen LogP contribution in [-0.2, 0) is 4.79 Å². The maximum Gasteiger partial charge on any atom is 0.257 e. The summed E-state index contributed by atoms with van der Waals surface area (Å²) in [6.07, 6.45) is 0. The van der Waals surface area contributed by atoms with E-state index in [1.807, 2.05) is 55.5 Å². The fraction of sp³-hybridized carbons (Fsp3) is 0.118. The zero-order valence-corrected chi connectivity index (χ0v) is 15.2. The number of carbonyl (C=O) groups excluding carboxylic acids is 1. The second kappa shape index (κ2) is 7.63. The van der Waals surface area contributed by atoms with E-state index in [1.54, 1.807) is 0 Å². The van der Waals surface area contributed by atoms with Crippen LogP contribution < -0.4 is 5.43 Å². The Balaban J connectivity index is 1.56. The zero-order chi connectivity index (χ0) is 16.9. The Bertz CT molecular complexity index is 874. The molecule has 0 saturated heterocycles. The van der Waals surface area contributed by atoms with Crippen LogP contribution in [0, 0.1) is 0 Å². The van der Waals surface area contributed by atoms with Crippen LogP contribution in [0.15, 0.2) is 67.7 Å². The van der Waals surface area contributed by atoms with Crippen LogP contribution in [0.4, 0.5) is 0 Å². The minimum absolute atomic E-state index is 0.183. The van der Waals surface area contributed by atoms with Gasteiger partial charge in [-0.2, -0.15) is 5.10 Å². The predicted molar refractivity (Wildman–Crippen MR) is 99.2 cm³/mol. The quantitative estimate of drug-likeness (QED) is 0.393. The third kappa shape index (κ3) is 4.24. The molecule has 2 aromatic carbocycles. The molecule has 0 unspecified atom stereocenters. The number of amides is 1. The number of para-hydroxylation sites is 2. The van der Waals surface area contributed by atoms with Gasteiger partial charge in [-0.3, -0.25) is 4.79 Å². The summed E-state index contributed by atoms with van der Waals surface area (Å²) in [7, 11) is 0. The van der Waals surface area contributed by atoms with Crippen molar-refractivity contribution in [2.75, 3.05) is 5.75 Å². The topological polar surface area (TPSA) is 67.5 Å². The predicted octanol–water partition coefficient (Wildman–Crippen LogP) is 4.22. The molecule has 3 aromatic rings. The Morgan fingerprint density at radius 1 is 1.29 bits per heavy atom. The highest BCUT2D eigenvalue weighted by molar-refractivity contribution is 9.10. The van der Waals surface area contributed by atoms with Crippen molar-refractivity contribution in [1.29, 1.82) is 0 Å². The second-order valence-corrected chi connectivity index (χ2v) is 6.82. The minimum atomic E-state index is -0.211. The molecule has 3 rings (SSSR count). The van der Waals surface area contributed by atoms with E-state index in [1.165, 1.54) is 11.8 Å². The third-order valence-electron chi connectivity index (χ3n) is 3.19. The molecule has 0 fully saturated rings. The van der Waals surface area contributed by atoms with E-state index in [0.717, 1.165) is 21.3 Å². The van der Waals surface area contributed by atoms with E-state index < -0.39 is 0 Å². The molecule has 0 radical (unpaired) electrons. The smallest absolute Gasteiger partial charge is 0.257 e. The molecule has 122 valence electrons. The molecule has 1 heterocycles. The molecule has 0 bridgehead atoms. The first kappa shape index (κ1) is 16.7. The summed E-state index contributed by atoms with van der Waals surface area (Å²) in [5, 5.41) is 4.59. The number of benzene rings is 2. The molecule has 5 nitrogen and oxygen atoms in total. The maximum absolute atomic E-state index is 11.9. The summed E-state index contributed by atoms with van der Waals surface area (Å²) in [6.45, 7) is 1.84. The van der Waals surface area contributed by atoms with E-state index in [2.05, 4.69) is 31.4 Å². The number of nitrogens with zero attached hydrogens (tertiary/aromatic N) is 2. The van der Waals surface area contributed by atoms with E-state index in [0.29, 0.717) is 10.8 Å². The number of nitrogens with one attached hydrogen (secondary N) is 1. The van der Waals surface area contributed by atoms with Crippen LogP contribution in [0.25, 0.3) is 11.1 Å². The van der Waals surface area contributed by atoms with Crippen LogP contribution in [0.2, 0.25) is 0 Å². The summed E-state index contributed by atoms with van der Waals surface area (Å²) >= 11 is 4.65. The van der Waals surface area contributed by atoms with Crippen molar-refractivity contribution in [2.45, 2.75) is 12.1 Å². The van der Waals surface area contributed by atoms with E-state index >= 15 is 0 Å². The summed E-state index contributed by atoms with van der Waals surface area (Å²) in [5.74, 6) is -0.0289. The first-order chi connectivity index (χ1) is 11.6. The number of rotatable bonds is 5. The molecule has 0 spiro atoms. The molecule has 1 N–H and O–H groups in total. The van der Waals surface area contributed by atoms with Crippen LogP contribution >= 0.6 is 27.7 Å². The van der Waals surface area contributed by atoms with Gasteiger partial charge in [0.05, 0.1) is 11.5 Å². The molecule has 7 heteroatoms. The summed E-state index contributed by atoms with van der Waals surface area (Å²) in [6, 6.07) is 15.2. The molecule has 24 heavy (non-hydrogen) atoms. The number of hydrogen-bond donors (Lipinski definition) is 1. The maximum atomic E-state index is 11.9. The standard InChI is InChI=1S/C17H14BrN3O2S/c1-11(12-5-4-6-13(18)9-12)20-21-16(22)10-24-17-19-14-7-2-3-8-15(14)23-17/h2-9H,10H2,1H3,(H,21,22)/b20-11-. The summed E-state index contributed by atoms with van der Waals surface area (Å²) < 4.78 is 6.52. The molecular formula is C17H14BrN3O2S. The Kier molecular flexibility index (Phi) is 5.32. The third-order valence-corrected chi connectivity index (χ3v) is 4.51. The highest BCUT2D eigenvalue weighted by Gasteiger charge is 2.09. The fourth-order valence-corrected chi connectivity index (χ4v) is 3.03. The monoisotopic (exact) mass is 403 g/mol. The molecule has 1 aromatic heterocycles. The van der Waals surface area contributed by atoms with E-state index in [4.69, 9.17) is 4.42 Å².